The molecule has 108 valence electrons. The van der Waals surface area contributed by atoms with Crippen molar-refractivity contribution in [2.75, 3.05) is 5.32 Å². The molecule has 1 amide bonds. The second-order valence-corrected chi connectivity index (χ2v) is 5.60. The van der Waals surface area contributed by atoms with Crippen LogP contribution in [0.2, 0.25) is 5.02 Å². The van der Waals surface area contributed by atoms with E-state index in [0.717, 1.165) is 16.1 Å². The van der Waals surface area contributed by atoms with Gasteiger partial charge in [0, 0.05) is 22.3 Å². The first-order valence-corrected chi connectivity index (χ1v) is 7.07. The zero-order chi connectivity index (χ0) is 15.6. The summed E-state index contributed by atoms with van der Waals surface area (Å²) in [7, 11) is 0. The molecule has 21 heavy (non-hydrogen) atoms. The fourth-order valence-corrected chi connectivity index (χ4v) is 2.25. The molecule has 0 aromatic heterocycles. The zero-order valence-electron chi connectivity index (χ0n) is 10.9. The Bertz CT molecular complexity index is 734. The average Bonchev–Trinajstić information content (AvgIpc) is 2.43. The van der Waals surface area contributed by atoms with Gasteiger partial charge in [-0.2, -0.15) is 0 Å². The molecule has 0 aliphatic heterocycles. The van der Waals surface area contributed by atoms with Gasteiger partial charge in [-0.3, -0.25) is 14.9 Å². The van der Waals surface area contributed by atoms with E-state index < -0.39 is 10.8 Å². The summed E-state index contributed by atoms with van der Waals surface area (Å²) in [6, 6.07) is 9.07. The number of rotatable bonds is 3. The summed E-state index contributed by atoms with van der Waals surface area (Å²) in [5.74, 6) is -0.501. The van der Waals surface area contributed by atoms with Crippen molar-refractivity contribution < 1.29 is 9.72 Å². The number of halogens is 2. The quantitative estimate of drug-likeness (QED) is 0.636. The molecule has 0 saturated carbocycles. The van der Waals surface area contributed by atoms with Gasteiger partial charge in [0.05, 0.1) is 15.5 Å². The molecule has 0 heterocycles. The number of anilines is 1. The lowest BCUT2D eigenvalue weighted by Gasteiger charge is -2.08. The molecule has 0 bridgehead atoms. The minimum atomic E-state index is -0.574. The second-order valence-electron chi connectivity index (χ2n) is 4.34. The molecular formula is C14H10BrClN2O3. The van der Waals surface area contributed by atoms with Gasteiger partial charge in [-0.15, -0.1) is 0 Å². The number of non-ortho nitro benzene ring substituents is 1. The van der Waals surface area contributed by atoms with E-state index in [-0.39, 0.29) is 16.3 Å². The maximum atomic E-state index is 12.2. The van der Waals surface area contributed by atoms with E-state index in [2.05, 4.69) is 21.2 Å². The first-order valence-electron chi connectivity index (χ1n) is 5.90. The smallest absolute Gasteiger partial charge is 0.270 e. The minimum Gasteiger partial charge on any atom is -0.322 e. The van der Waals surface area contributed by atoms with Gasteiger partial charge in [-0.25, -0.2) is 0 Å². The van der Waals surface area contributed by atoms with Crippen molar-refractivity contribution in [3.05, 3.63) is 67.1 Å². The molecule has 2 rings (SSSR count). The van der Waals surface area contributed by atoms with Gasteiger partial charge in [-0.05, 0) is 30.7 Å². The topological polar surface area (TPSA) is 72.2 Å². The lowest BCUT2D eigenvalue weighted by Crippen LogP contribution is -2.12. The Balaban J connectivity index is 2.29. The van der Waals surface area contributed by atoms with E-state index in [4.69, 9.17) is 11.6 Å². The lowest BCUT2D eigenvalue weighted by molar-refractivity contribution is -0.384. The molecule has 0 spiro atoms. The monoisotopic (exact) mass is 368 g/mol. The predicted molar refractivity (Wildman–Crippen MR) is 84.9 cm³/mol. The summed E-state index contributed by atoms with van der Waals surface area (Å²) in [5, 5.41) is 13.6. The molecule has 2 aromatic rings. The van der Waals surface area contributed by atoms with Crippen molar-refractivity contribution in [1.29, 1.82) is 0 Å². The van der Waals surface area contributed by atoms with Crippen LogP contribution in [-0.2, 0) is 0 Å². The molecule has 0 saturated heterocycles. The van der Waals surface area contributed by atoms with Crippen molar-refractivity contribution in [3.8, 4) is 0 Å². The number of aryl methyl sites for hydroxylation is 1. The predicted octanol–water partition coefficient (Wildman–Crippen LogP) is 4.57. The summed E-state index contributed by atoms with van der Waals surface area (Å²) in [6.07, 6.45) is 0. The van der Waals surface area contributed by atoms with E-state index in [0.29, 0.717) is 5.69 Å². The highest BCUT2D eigenvalue weighted by Crippen LogP contribution is 2.25. The number of nitro groups is 1. The molecular weight excluding hydrogens is 360 g/mol. The Kier molecular flexibility index (Phi) is 4.59. The number of nitro benzene ring substituents is 1. The van der Waals surface area contributed by atoms with Gasteiger partial charge < -0.3 is 5.32 Å². The van der Waals surface area contributed by atoms with Crippen LogP contribution in [0.1, 0.15) is 15.9 Å². The van der Waals surface area contributed by atoms with Crippen LogP contribution in [0.4, 0.5) is 11.4 Å². The van der Waals surface area contributed by atoms with E-state index in [9.17, 15) is 14.9 Å². The molecule has 0 aliphatic carbocycles. The number of carbonyl (C=O) groups is 1. The van der Waals surface area contributed by atoms with E-state index in [1.807, 2.05) is 13.0 Å². The van der Waals surface area contributed by atoms with Crippen LogP contribution in [-0.4, -0.2) is 10.8 Å². The fourth-order valence-electron chi connectivity index (χ4n) is 1.67. The summed E-state index contributed by atoms with van der Waals surface area (Å²) < 4.78 is 0.852. The molecule has 1 N–H and O–H groups in total. The van der Waals surface area contributed by atoms with Gasteiger partial charge in [0.1, 0.15) is 0 Å². The Morgan fingerprint density at radius 2 is 2.00 bits per heavy atom. The molecule has 0 atom stereocenters. The van der Waals surface area contributed by atoms with Crippen molar-refractivity contribution in [3.63, 3.8) is 0 Å². The minimum absolute atomic E-state index is 0.0579. The molecule has 7 heteroatoms. The molecule has 2 aromatic carbocycles. The molecule has 0 unspecified atom stereocenters. The Labute approximate surface area is 134 Å². The maximum Gasteiger partial charge on any atom is 0.270 e. The Hall–Kier alpha value is -1.92. The van der Waals surface area contributed by atoms with Crippen LogP contribution in [0, 0.1) is 17.0 Å². The Morgan fingerprint density at radius 3 is 2.62 bits per heavy atom. The standard InChI is InChI=1S/C14H10BrClN2O3/c1-8-2-3-9(6-12(8)15)17-14(19)11-7-10(18(20)21)4-5-13(11)16/h2-7H,1H3,(H,17,19). The SMILES string of the molecule is Cc1ccc(NC(=O)c2cc([N+](=O)[O-])ccc2Cl)cc1Br. The van der Waals surface area contributed by atoms with E-state index >= 15 is 0 Å². The van der Waals surface area contributed by atoms with Crippen molar-refractivity contribution >= 4 is 44.8 Å². The van der Waals surface area contributed by atoms with Gasteiger partial charge >= 0.3 is 0 Å². The van der Waals surface area contributed by atoms with Crippen LogP contribution in [0.5, 0.6) is 0 Å². The van der Waals surface area contributed by atoms with Gasteiger partial charge in [-0.1, -0.05) is 33.6 Å². The van der Waals surface area contributed by atoms with Crippen LogP contribution in [0.3, 0.4) is 0 Å². The molecule has 0 aliphatic rings. The zero-order valence-corrected chi connectivity index (χ0v) is 13.2. The van der Waals surface area contributed by atoms with Gasteiger partial charge in [0.25, 0.3) is 11.6 Å². The normalized spacial score (nSPS) is 10.2. The number of amides is 1. The van der Waals surface area contributed by atoms with Crippen molar-refractivity contribution in [2.24, 2.45) is 0 Å². The van der Waals surface area contributed by atoms with Crippen LogP contribution < -0.4 is 5.32 Å². The first kappa shape index (κ1) is 15.5. The van der Waals surface area contributed by atoms with Gasteiger partial charge in [0.2, 0.25) is 0 Å². The first-order chi connectivity index (χ1) is 9.88. The Morgan fingerprint density at radius 1 is 1.29 bits per heavy atom. The van der Waals surface area contributed by atoms with E-state index in [1.165, 1.54) is 12.1 Å². The summed E-state index contributed by atoms with van der Waals surface area (Å²) >= 11 is 9.30. The summed E-state index contributed by atoms with van der Waals surface area (Å²) in [6.45, 7) is 1.92. The number of nitrogens with one attached hydrogen (secondary N) is 1. The number of hydrogen-bond donors (Lipinski definition) is 1. The third kappa shape index (κ3) is 3.59. The number of carbonyl (C=O) groups excluding carboxylic acids is 1. The van der Waals surface area contributed by atoms with Crippen LogP contribution >= 0.6 is 27.5 Å². The van der Waals surface area contributed by atoms with Gasteiger partial charge in [0.15, 0.2) is 0 Å². The summed E-state index contributed by atoms with van der Waals surface area (Å²) in [5.41, 5.74) is 1.47. The largest absolute Gasteiger partial charge is 0.322 e. The van der Waals surface area contributed by atoms with Crippen molar-refractivity contribution in [1.82, 2.24) is 0 Å². The molecule has 5 nitrogen and oxygen atoms in total. The number of nitrogens with zero attached hydrogens (tertiary/aromatic N) is 1. The highest BCUT2D eigenvalue weighted by molar-refractivity contribution is 9.10. The van der Waals surface area contributed by atoms with E-state index in [1.54, 1.807) is 12.1 Å². The second kappa shape index (κ2) is 6.24. The third-order valence-electron chi connectivity index (χ3n) is 2.84. The fraction of sp³-hybridized carbons (Fsp3) is 0.0714. The molecule has 0 fully saturated rings. The van der Waals surface area contributed by atoms with Crippen LogP contribution in [0.15, 0.2) is 40.9 Å². The summed E-state index contributed by atoms with van der Waals surface area (Å²) in [4.78, 5) is 22.4. The third-order valence-corrected chi connectivity index (χ3v) is 4.02. The van der Waals surface area contributed by atoms with Crippen LogP contribution in [0.25, 0.3) is 0 Å². The maximum absolute atomic E-state index is 12.2. The number of benzene rings is 2. The number of hydrogen-bond acceptors (Lipinski definition) is 3. The lowest BCUT2D eigenvalue weighted by atomic mass is 10.1. The highest BCUT2D eigenvalue weighted by Gasteiger charge is 2.16. The highest BCUT2D eigenvalue weighted by atomic mass is 79.9. The molecule has 0 radical (unpaired) electrons. The van der Waals surface area contributed by atoms with Crippen molar-refractivity contribution in [2.45, 2.75) is 6.92 Å². The average molecular weight is 370 g/mol.